The molecule has 2 amide bonds. The summed E-state index contributed by atoms with van der Waals surface area (Å²) < 4.78 is 13.2. The van der Waals surface area contributed by atoms with Gasteiger partial charge >= 0.3 is 0 Å². The molecule has 2 aromatic carbocycles. The van der Waals surface area contributed by atoms with Gasteiger partial charge in [-0.2, -0.15) is 0 Å². The van der Waals surface area contributed by atoms with Gasteiger partial charge in [-0.15, -0.1) is 0 Å². The van der Waals surface area contributed by atoms with Crippen LogP contribution in [0.3, 0.4) is 0 Å². The van der Waals surface area contributed by atoms with Gasteiger partial charge in [0.05, 0.1) is 16.7 Å². The molecule has 0 fully saturated rings. The Morgan fingerprint density at radius 1 is 0.968 bits per heavy atom. The van der Waals surface area contributed by atoms with Crippen molar-refractivity contribution >= 4 is 44.8 Å². The first-order valence-corrected chi connectivity index (χ1v) is 9.95. The fourth-order valence-electron chi connectivity index (χ4n) is 4.51. The van der Waals surface area contributed by atoms with Crippen molar-refractivity contribution in [3.05, 3.63) is 59.9 Å². The Morgan fingerprint density at radius 2 is 1.77 bits per heavy atom. The monoisotopic (exact) mass is 414 g/mol. The lowest BCUT2D eigenvalue weighted by Crippen LogP contribution is -2.22. The van der Waals surface area contributed by atoms with Gasteiger partial charge in [-0.1, -0.05) is 18.2 Å². The summed E-state index contributed by atoms with van der Waals surface area (Å²) in [6, 6.07) is 11.4. The summed E-state index contributed by atoms with van der Waals surface area (Å²) in [6.07, 6.45) is 3.63. The minimum atomic E-state index is -0.422. The van der Waals surface area contributed by atoms with Gasteiger partial charge in [0.2, 0.25) is 6.79 Å². The SMILES string of the molecule is NCCn1cc(C2=C(c3c[nH]c4ccccc34)C(=O)NC2=O)c2ccc3c(c21)OCO3. The first-order chi connectivity index (χ1) is 15.2. The second-order valence-corrected chi connectivity index (χ2v) is 7.50. The van der Waals surface area contributed by atoms with Crippen molar-refractivity contribution in [1.29, 1.82) is 0 Å². The third-order valence-electron chi connectivity index (χ3n) is 5.80. The average molecular weight is 414 g/mol. The van der Waals surface area contributed by atoms with E-state index in [-0.39, 0.29) is 6.79 Å². The van der Waals surface area contributed by atoms with Crippen LogP contribution in [0, 0.1) is 0 Å². The van der Waals surface area contributed by atoms with E-state index in [0.29, 0.717) is 46.9 Å². The number of ether oxygens (including phenoxy) is 2. The highest BCUT2D eigenvalue weighted by Crippen LogP contribution is 2.44. The number of aromatic nitrogens is 2. The molecule has 8 heteroatoms. The molecule has 4 N–H and O–H groups in total. The first kappa shape index (κ1) is 17.8. The lowest BCUT2D eigenvalue weighted by Gasteiger charge is -2.05. The molecule has 0 spiro atoms. The summed E-state index contributed by atoms with van der Waals surface area (Å²) in [7, 11) is 0. The summed E-state index contributed by atoms with van der Waals surface area (Å²) in [6.45, 7) is 1.08. The van der Waals surface area contributed by atoms with E-state index in [9.17, 15) is 9.59 Å². The molecular formula is C23H18N4O4. The molecule has 2 aliphatic heterocycles. The van der Waals surface area contributed by atoms with Crippen molar-refractivity contribution in [2.75, 3.05) is 13.3 Å². The Kier molecular flexibility index (Phi) is 3.72. The van der Waals surface area contributed by atoms with Crippen molar-refractivity contribution in [3.8, 4) is 11.5 Å². The van der Waals surface area contributed by atoms with E-state index in [1.807, 2.05) is 47.2 Å². The van der Waals surface area contributed by atoms with E-state index in [1.54, 1.807) is 6.20 Å². The predicted octanol–water partition coefficient (Wildman–Crippen LogP) is 2.38. The molecule has 0 radical (unpaired) electrons. The molecule has 4 aromatic rings. The number of H-pyrrole nitrogens is 1. The van der Waals surface area contributed by atoms with E-state index >= 15 is 0 Å². The zero-order chi connectivity index (χ0) is 21.1. The summed E-state index contributed by atoms with van der Waals surface area (Å²) in [4.78, 5) is 29.1. The van der Waals surface area contributed by atoms with Gasteiger partial charge in [-0.25, -0.2) is 0 Å². The lowest BCUT2D eigenvalue weighted by molar-refractivity contribution is -0.122. The summed E-state index contributed by atoms with van der Waals surface area (Å²) in [5.41, 5.74) is 9.57. The van der Waals surface area contributed by atoms with Crippen molar-refractivity contribution in [2.45, 2.75) is 6.54 Å². The van der Waals surface area contributed by atoms with Crippen LogP contribution in [0.2, 0.25) is 0 Å². The van der Waals surface area contributed by atoms with Gasteiger partial charge in [0.15, 0.2) is 11.5 Å². The molecule has 0 aliphatic carbocycles. The van der Waals surface area contributed by atoms with Crippen LogP contribution in [0.4, 0.5) is 0 Å². The molecule has 0 saturated carbocycles. The third kappa shape index (κ3) is 2.45. The number of aromatic amines is 1. The molecule has 0 unspecified atom stereocenters. The van der Waals surface area contributed by atoms with Crippen molar-refractivity contribution in [2.24, 2.45) is 5.73 Å². The smallest absolute Gasteiger partial charge is 0.259 e. The van der Waals surface area contributed by atoms with Crippen molar-refractivity contribution in [3.63, 3.8) is 0 Å². The van der Waals surface area contributed by atoms with Crippen LogP contribution < -0.4 is 20.5 Å². The average Bonchev–Trinajstić information content (AvgIpc) is 3.52. The summed E-state index contributed by atoms with van der Waals surface area (Å²) >= 11 is 0. The Labute approximate surface area is 176 Å². The van der Waals surface area contributed by atoms with Gasteiger partial charge in [0.1, 0.15) is 0 Å². The Bertz CT molecular complexity index is 1440. The summed E-state index contributed by atoms with van der Waals surface area (Å²) in [5, 5.41) is 4.15. The van der Waals surface area contributed by atoms with E-state index in [0.717, 1.165) is 21.8 Å². The number of benzene rings is 2. The Balaban J connectivity index is 1.67. The second kappa shape index (κ2) is 6.48. The van der Waals surface area contributed by atoms with Gasteiger partial charge in [-0.3, -0.25) is 14.9 Å². The van der Waals surface area contributed by atoms with Crippen LogP contribution in [0.15, 0.2) is 48.8 Å². The molecule has 2 aliphatic rings. The lowest BCUT2D eigenvalue weighted by atomic mass is 9.95. The fourth-order valence-corrected chi connectivity index (χ4v) is 4.51. The maximum atomic E-state index is 13.0. The van der Waals surface area contributed by atoms with Crippen LogP contribution in [-0.2, 0) is 16.1 Å². The van der Waals surface area contributed by atoms with Crippen LogP contribution in [0.25, 0.3) is 33.0 Å². The third-order valence-corrected chi connectivity index (χ3v) is 5.80. The normalized spacial score (nSPS) is 15.5. The Hall–Kier alpha value is -4.04. The highest BCUT2D eigenvalue weighted by atomic mass is 16.7. The van der Waals surface area contributed by atoms with E-state index in [2.05, 4.69) is 10.3 Å². The number of carbonyl (C=O) groups is 2. The quantitative estimate of drug-likeness (QED) is 0.444. The topological polar surface area (TPSA) is 111 Å². The number of amides is 2. The van der Waals surface area contributed by atoms with Gasteiger partial charge < -0.3 is 24.8 Å². The molecule has 0 bridgehead atoms. The van der Waals surface area contributed by atoms with Gasteiger partial charge in [0, 0.05) is 52.9 Å². The van der Waals surface area contributed by atoms with Crippen molar-refractivity contribution < 1.29 is 19.1 Å². The molecule has 6 rings (SSSR count). The number of para-hydroxylation sites is 1. The number of imide groups is 1. The van der Waals surface area contributed by atoms with E-state index in [1.165, 1.54) is 0 Å². The number of fused-ring (bicyclic) bond motifs is 4. The second-order valence-electron chi connectivity index (χ2n) is 7.50. The molecule has 0 saturated heterocycles. The zero-order valence-corrected chi connectivity index (χ0v) is 16.4. The Morgan fingerprint density at radius 3 is 2.61 bits per heavy atom. The number of nitrogens with zero attached hydrogens (tertiary/aromatic N) is 1. The fraction of sp³-hybridized carbons (Fsp3) is 0.130. The van der Waals surface area contributed by atoms with Crippen LogP contribution in [-0.4, -0.2) is 34.7 Å². The molecule has 2 aromatic heterocycles. The van der Waals surface area contributed by atoms with E-state index in [4.69, 9.17) is 15.2 Å². The predicted molar refractivity (Wildman–Crippen MR) is 115 cm³/mol. The largest absolute Gasteiger partial charge is 0.454 e. The van der Waals surface area contributed by atoms with Crippen LogP contribution >= 0.6 is 0 Å². The van der Waals surface area contributed by atoms with E-state index < -0.39 is 11.8 Å². The number of nitrogens with two attached hydrogens (primary N) is 1. The minimum absolute atomic E-state index is 0.139. The summed E-state index contributed by atoms with van der Waals surface area (Å²) in [5.74, 6) is 0.435. The zero-order valence-electron chi connectivity index (χ0n) is 16.4. The van der Waals surface area contributed by atoms with Gasteiger partial charge in [-0.05, 0) is 18.2 Å². The van der Waals surface area contributed by atoms with Crippen LogP contribution in [0.5, 0.6) is 11.5 Å². The maximum Gasteiger partial charge on any atom is 0.259 e. The number of rotatable bonds is 4. The molecule has 31 heavy (non-hydrogen) atoms. The number of nitrogens with one attached hydrogen (secondary N) is 2. The number of hydrogen-bond donors (Lipinski definition) is 3. The van der Waals surface area contributed by atoms with Gasteiger partial charge in [0.25, 0.3) is 11.8 Å². The standard InChI is InChI=1S/C23H18N4O4/c24-7-8-27-10-15(13-5-6-17-21(20(13)27)31-11-30-17)19-18(22(28)26-23(19)29)14-9-25-16-4-2-1-3-12(14)16/h1-6,9-10,25H,7-8,11,24H2,(H,26,28,29). The first-order valence-electron chi connectivity index (χ1n) is 9.95. The molecule has 8 nitrogen and oxygen atoms in total. The number of hydrogen-bond acceptors (Lipinski definition) is 5. The highest BCUT2D eigenvalue weighted by Gasteiger charge is 2.35. The molecule has 0 atom stereocenters. The molecular weight excluding hydrogens is 396 g/mol. The minimum Gasteiger partial charge on any atom is -0.454 e. The molecule has 4 heterocycles. The highest BCUT2D eigenvalue weighted by molar-refractivity contribution is 6.50. The van der Waals surface area contributed by atoms with Crippen molar-refractivity contribution in [1.82, 2.24) is 14.9 Å². The maximum absolute atomic E-state index is 13.0. The molecule has 154 valence electrons. The van der Waals surface area contributed by atoms with Crippen LogP contribution in [0.1, 0.15) is 11.1 Å². The number of carbonyl (C=O) groups excluding carboxylic acids is 2.